The van der Waals surface area contributed by atoms with Crippen LogP contribution in [0, 0.1) is 0 Å². The van der Waals surface area contributed by atoms with E-state index in [1.165, 1.54) is 5.39 Å². The standard InChI is InChI=1S/C42H25NO2/c1-2-14-29(15-3-1)43-35-20-7-6-17-33(35)42-40(43)39-31(19-10-22-37(39)45-42)28-13-8-12-27(25-28)30-18-9-21-36-38(30)34-24-23-26-11-4-5-16-32(26)41(34)44-36/h1-25H. The number of aromatic nitrogens is 1. The van der Waals surface area contributed by atoms with Gasteiger partial charge in [-0.15, -0.1) is 0 Å². The Bertz CT molecular complexity index is 2760. The molecule has 0 N–H and O–H groups in total. The van der Waals surface area contributed by atoms with Crippen molar-refractivity contribution in [3.8, 4) is 27.9 Å². The summed E-state index contributed by atoms with van der Waals surface area (Å²) < 4.78 is 15.5. The average Bonchev–Trinajstić information content (AvgIpc) is 3.78. The maximum Gasteiger partial charge on any atom is 0.161 e. The number of fused-ring (bicyclic) bond motifs is 10. The summed E-state index contributed by atoms with van der Waals surface area (Å²) in [7, 11) is 0. The van der Waals surface area contributed by atoms with Crippen molar-refractivity contribution in [1.29, 1.82) is 0 Å². The minimum atomic E-state index is 0.883. The summed E-state index contributed by atoms with van der Waals surface area (Å²) in [5.74, 6) is 0. The fourth-order valence-corrected chi connectivity index (χ4v) is 7.24. The molecule has 210 valence electrons. The van der Waals surface area contributed by atoms with Gasteiger partial charge in [0.1, 0.15) is 22.3 Å². The van der Waals surface area contributed by atoms with Gasteiger partial charge in [0, 0.05) is 27.2 Å². The summed E-state index contributed by atoms with van der Waals surface area (Å²) in [5.41, 5.74) is 11.6. The maximum atomic E-state index is 6.64. The van der Waals surface area contributed by atoms with Crippen molar-refractivity contribution in [2.24, 2.45) is 0 Å². The van der Waals surface area contributed by atoms with Gasteiger partial charge in [0.2, 0.25) is 0 Å². The monoisotopic (exact) mass is 575 g/mol. The Labute approximate surface area is 258 Å². The van der Waals surface area contributed by atoms with Crippen LogP contribution in [0.4, 0.5) is 0 Å². The third kappa shape index (κ3) is 3.46. The molecule has 7 aromatic carbocycles. The summed E-state index contributed by atoms with van der Waals surface area (Å²) in [4.78, 5) is 0. The highest BCUT2D eigenvalue weighted by Crippen LogP contribution is 2.44. The van der Waals surface area contributed by atoms with Gasteiger partial charge in [-0.05, 0) is 76.2 Å². The van der Waals surface area contributed by atoms with Crippen molar-refractivity contribution in [3.63, 3.8) is 0 Å². The molecule has 0 aliphatic carbocycles. The number of rotatable bonds is 3. The Morgan fingerprint density at radius 2 is 1.07 bits per heavy atom. The van der Waals surface area contributed by atoms with Gasteiger partial charge in [0.25, 0.3) is 0 Å². The minimum absolute atomic E-state index is 0.883. The number of hydrogen-bond acceptors (Lipinski definition) is 2. The molecule has 0 saturated carbocycles. The van der Waals surface area contributed by atoms with E-state index in [4.69, 9.17) is 8.83 Å². The molecule has 3 heterocycles. The van der Waals surface area contributed by atoms with Crippen LogP contribution in [-0.4, -0.2) is 4.57 Å². The zero-order valence-corrected chi connectivity index (χ0v) is 24.2. The van der Waals surface area contributed by atoms with Gasteiger partial charge in [-0.25, -0.2) is 0 Å². The third-order valence-electron chi connectivity index (χ3n) is 9.19. The van der Waals surface area contributed by atoms with Gasteiger partial charge in [-0.3, -0.25) is 0 Å². The molecule has 10 aromatic rings. The number of nitrogens with zero attached hydrogens (tertiary/aromatic N) is 1. The Morgan fingerprint density at radius 1 is 0.422 bits per heavy atom. The van der Waals surface area contributed by atoms with Crippen LogP contribution >= 0.6 is 0 Å². The number of benzene rings is 7. The van der Waals surface area contributed by atoms with Crippen LogP contribution in [0.5, 0.6) is 0 Å². The molecule has 0 amide bonds. The lowest BCUT2D eigenvalue weighted by Gasteiger charge is -2.11. The first-order chi connectivity index (χ1) is 22.3. The van der Waals surface area contributed by atoms with Gasteiger partial charge in [-0.1, -0.05) is 103 Å². The van der Waals surface area contributed by atoms with Crippen LogP contribution in [-0.2, 0) is 0 Å². The molecule has 0 aliphatic heterocycles. The van der Waals surface area contributed by atoms with E-state index in [2.05, 4.69) is 156 Å². The van der Waals surface area contributed by atoms with Crippen LogP contribution in [0.1, 0.15) is 0 Å². The summed E-state index contributed by atoms with van der Waals surface area (Å²) >= 11 is 0. The highest BCUT2D eigenvalue weighted by molar-refractivity contribution is 6.21. The quantitative estimate of drug-likeness (QED) is 0.210. The van der Waals surface area contributed by atoms with E-state index in [1.54, 1.807) is 0 Å². The molecule has 0 bridgehead atoms. The first kappa shape index (κ1) is 24.4. The largest absolute Gasteiger partial charge is 0.455 e. The van der Waals surface area contributed by atoms with Crippen molar-refractivity contribution in [2.45, 2.75) is 0 Å². The topological polar surface area (TPSA) is 31.2 Å². The lowest BCUT2D eigenvalue weighted by molar-refractivity contribution is 0.672. The lowest BCUT2D eigenvalue weighted by Crippen LogP contribution is -1.93. The first-order valence-corrected chi connectivity index (χ1v) is 15.3. The third-order valence-corrected chi connectivity index (χ3v) is 9.19. The molecule has 10 rings (SSSR count). The predicted octanol–water partition coefficient (Wildman–Crippen LogP) is 11.9. The van der Waals surface area contributed by atoms with Gasteiger partial charge in [0.15, 0.2) is 5.58 Å². The second-order valence-electron chi connectivity index (χ2n) is 11.7. The molecule has 3 aromatic heterocycles. The molecule has 0 unspecified atom stereocenters. The highest BCUT2D eigenvalue weighted by atomic mass is 16.3. The smallest absolute Gasteiger partial charge is 0.161 e. The first-order valence-electron chi connectivity index (χ1n) is 15.3. The molecule has 0 atom stereocenters. The molecule has 0 aliphatic rings. The molecule has 0 radical (unpaired) electrons. The molecule has 0 fully saturated rings. The average molecular weight is 576 g/mol. The molecule has 3 nitrogen and oxygen atoms in total. The zero-order valence-electron chi connectivity index (χ0n) is 24.2. The molecule has 0 spiro atoms. The Hall–Kier alpha value is -6.06. The fourth-order valence-electron chi connectivity index (χ4n) is 7.24. The SMILES string of the molecule is c1ccc(-n2c3ccccc3c3oc4cccc(-c5cccc(-c6cccc7oc8c9ccccc9ccc8c67)c5)c4c32)cc1. The molecule has 45 heavy (non-hydrogen) atoms. The fraction of sp³-hybridized carbons (Fsp3) is 0. The van der Waals surface area contributed by atoms with Crippen LogP contribution in [0.15, 0.2) is 160 Å². The van der Waals surface area contributed by atoms with Gasteiger partial charge < -0.3 is 13.4 Å². The van der Waals surface area contributed by atoms with E-state index in [9.17, 15) is 0 Å². The number of hydrogen-bond donors (Lipinski definition) is 0. The van der Waals surface area contributed by atoms with Gasteiger partial charge in [0.05, 0.1) is 10.9 Å². The van der Waals surface area contributed by atoms with E-state index in [0.29, 0.717) is 0 Å². The number of para-hydroxylation sites is 2. The van der Waals surface area contributed by atoms with Crippen LogP contribution in [0.2, 0.25) is 0 Å². The summed E-state index contributed by atoms with van der Waals surface area (Å²) in [6.45, 7) is 0. The second kappa shape index (κ2) is 9.22. The Morgan fingerprint density at radius 3 is 1.89 bits per heavy atom. The Kier molecular flexibility index (Phi) is 5.00. The van der Waals surface area contributed by atoms with E-state index in [-0.39, 0.29) is 0 Å². The van der Waals surface area contributed by atoms with Crippen molar-refractivity contribution in [3.05, 3.63) is 152 Å². The molecule has 0 saturated heterocycles. The Balaban J connectivity index is 1.24. The minimum Gasteiger partial charge on any atom is -0.455 e. The van der Waals surface area contributed by atoms with Gasteiger partial charge >= 0.3 is 0 Å². The van der Waals surface area contributed by atoms with Crippen molar-refractivity contribution >= 4 is 65.7 Å². The van der Waals surface area contributed by atoms with Crippen LogP contribution < -0.4 is 0 Å². The van der Waals surface area contributed by atoms with Crippen molar-refractivity contribution in [1.82, 2.24) is 4.57 Å². The summed E-state index contributed by atoms with van der Waals surface area (Å²) in [6.07, 6.45) is 0. The van der Waals surface area contributed by atoms with Crippen LogP contribution in [0.25, 0.3) is 93.6 Å². The van der Waals surface area contributed by atoms with E-state index in [1.807, 2.05) is 0 Å². The summed E-state index contributed by atoms with van der Waals surface area (Å²) in [5, 5.41) is 6.82. The molecular formula is C42H25NO2. The van der Waals surface area contributed by atoms with E-state index in [0.717, 1.165) is 88.2 Å². The van der Waals surface area contributed by atoms with Crippen LogP contribution in [0.3, 0.4) is 0 Å². The lowest BCUT2D eigenvalue weighted by atomic mass is 9.94. The van der Waals surface area contributed by atoms with E-state index < -0.39 is 0 Å². The van der Waals surface area contributed by atoms with Crippen molar-refractivity contribution < 1.29 is 8.83 Å². The second-order valence-corrected chi connectivity index (χ2v) is 11.7. The summed E-state index contributed by atoms with van der Waals surface area (Å²) in [6, 6.07) is 53.5. The van der Waals surface area contributed by atoms with Gasteiger partial charge in [-0.2, -0.15) is 0 Å². The van der Waals surface area contributed by atoms with E-state index >= 15 is 0 Å². The normalized spacial score (nSPS) is 12.0. The number of furan rings is 2. The molecule has 3 heteroatoms. The van der Waals surface area contributed by atoms with Crippen molar-refractivity contribution in [2.75, 3.05) is 0 Å². The predicted molar refractivity (Wildman–Crippen MR) is 186 cm³/mol. The molecular weight excluding hydrogens is 550 g/mol. The zero-order chi connectivity index (χ0) is 29.5. The maximum absolute atomic E-state index is 6.64. The highest BCUT2D eigenvalue weighted by Gasteiger charge is 2.22.